The first-order valence-corrected chi connectivity index (χ1v) is 11.3. The summed E-state index contributed by atoms with van der Waals surface area (Å²) < 4.78 is 30.1. The van der Waals surface area contributed by atoms with E-state index in [2.05, 4.69) is 10.3 Å². The number of benzene rings is 1. The summed E-state index contributed by atoms with van der Waals surface area (Å²) in [6.07, 6.45) is 10.3. The Balaban J connectivity index is 1.41. The van der Waals surface area contributed by atoms with Gasteiger partial charge in [-0.3, -0.25) is 10.1 Å². The van der Waals surface area contributed by atoms with Gasteiger partial charge in [-0.05, 0) is 43.0 Å². The van der Waals surface area contributed by atoms with E-state index >= 15 is 0 Å². The van der Waals surface area contributed by atoms with Gasteiger partial charge in [0.2, 0.25) is 5.91 Å². The molecule has 1 saturated heterocycles. The number of hydrogen-bond acceptors (Lipinski definition) is 3. The number of piperidine rings is 1. The summed E-state index contributed by atoms with van der Waals surface area (Å²) in [4.78, 5) is 17.4. The van der Waals surface area contributed by atoms with Gasteiger partial charge in [-0.25, -0.2) is 13.8 Å². The van der Waals surface area contributed by atoms with Crippen molar-refractivity contribution in [1.29, 1.82) is 0 Å². The second-order valence-corrected chi connectivity index (χ2v) is 9.33. The highest BCUT2D eigenvalue weighted by Crippen LogP contribution is 2.36. The maximum absolute atomic E-state index is 14.1. The number of allylic oxidation sites excluding steroid dienone is 1. The quantitative estimate of drug-likeness (QED) is 0.466. The zero-order valence-corrected chi connectivity index (χ0v) is 18.9. The van der Waals surface area contributed by atoms with E-state index in [1.807, 2.05) is 10.8 Å². The molecule has 1 aliphatic carbocycles. The number of rotatable bonds is 7. The number of likely N-dealkylation sites (tertiary alicyclic amines) is 1. The first-order chi connectivity index (χ1) is 15.3. The zero-order chi connectivity index (χ0) is 22.7. The lowest BCUT2D eigenvalue weighted by molar-refractivity contribution is -0.132. The first-order valence-electron chi connectivity index (χ1n) is 10.6. The van der Waals surface area contributed by atoms with Crippen molar-refractivity contribution in [3.63, 3.8) is 0 Å². The molecule has 2 aromatic rings. The molecule has 4 rings (SSSR count). The van der Waals surface area contributed by atoms with E-state index in [0.717, 1.165) is 0 Å². The second kappa shape index (κ2) is 9.73. The monoisotopic (exact) mass is 480 g/mol. The van der Waals surface area contributed by atoms with Crippen molar-refractivity contribution >= 4 is 29.1 Å². The van der Waals surface area contributed by atoms with Crippen molar-refractivity contribution in [3.05, 3.63) is 77.0 Å². The van der Waals surface area contributed by atoms with Crippen molar-refractivity contribution in [2.75, 3.05) is 13.1 Å². The molecular formula is C23H24Cl2F2N4O. The number of hydrogen-bond donors (Lipinski definition) is 1. The lowest BCUT2D eigenvalue weighted by Crippen LogP contribution is -2.44. The Hall–Kier alpha value is -2.22. The van der Waals surface area contributed by atoms with Gasteiger partial charge in [0.25, 0.3) is 0 Å². The van der Waals surface area contributed by atoms with Gasteiger partial charge in [0.15, 0.2) is 0 Å². The van der Waals surface area contributed by atoms with Crippen molar-refractivity contribution in [1.82, 2.24) is 19.8 Å². The molecule has 1 aliphatic heterocycles. The van der Waals surface area contributed by atoms with Crippen molar-refractivity contribution < 1.29 is 13.6 Å². The van der Waals surface area contributed by atoms with Crippen molar-refractivity contribution in [2.45, 2.75) is 37.2 Å². The van der Waals surface area contributed by atoms with Gasteiger partial charge < -0.3 is 9.47 Å². The van der Waals surface area contributed by atoms with Crippen LogP contribution in [0.5, 0.6) is 0 Å². The summed E-state index contributed by atoms with van der Waals surface area (Å²) in [6.45, 7) is 1.67. The third-order valence-electron chi connectivity index (χ3n) is 5.90. The molecular weight excluding hydrogens is 457 g/mol. The Morgan fingerprint density at radius 3 is 2.75 bits per heavy atom. The van der Waals surface area contributed by atoms with Crippen LogP contribution in [0.25, 0.3) is 0 Å². The van der Waals surface area contributed by atoms with Crippen molar-refractivity contribution in [3.8, 4) is 0 Å². The number of carbonyl (C=O) groups excluding carboxylic acids is 1. The number of aromatic nitrogens is 2. The average Bonchev–Trinajstić information content (AvgIpc) is 3.26. The van der Waals surface area contributed by atoms with E-state index in [-0.39, 0.29) is 23.8 Å². The van der Waals surface area contributed by atoms with Crippen LogP contribution in [0.1, 0.15) is 24.8 Å². The molecule has 0 bridgehead atoms. The fraction of sp³-hybridized carbons (Fsp3) is 0.391. The minimum Gasteiger partial charge on any atom is -0.336 e. The van der Waals surface area contributed by atoms with Crippen LogP contribution in [0.2, 0.25) is 0 Å². The molecule has 1 fully saturated rings. The molecule has 9 heteroatoms. The first kappa shape index (κ1) is 23.0. The topological polar surface area (TPSA) is 50.2 Å². The Kier molecular flexibility index (Phi) is 6.98. The predicted molar refractivity (Wildman–Crippen MR) is 120 cm³/mol. The molecule has 2 atom stereocenters. The molecule has 5 nitrogen and oxygen atoms in total. The van der Waals surface area contributed by atoms with Gasteiger partial charge >= 0.3 is 0 Å². The van der Waals surface area contributed by atoms with E-state index in [1.54, 1.807) is 29.6 Å². The fourth-order valence-corrected chi connectivity index (χ4v) is 4.91. The number of imidazole rings is 1. The summed E-state index contributed by atoms with van der Waals surface area (Å²) in [7, 11) is 0. The van der Waals surface area contributed by atoms with Gasteiger partial charge in [-0.15, -0.1) is 0 Å². The van der Waals surface area contributed by atoms with Crippen LogP contribution in [0, 0.1) is 17.6 Å². The van der Waals surface area contributed by atoms with Crippen LogP contribution >= 0.6 is 23.2 Å². The van der Waals surface area contributed by atoms with Gasteiger partial charge in [0.05, 0.1) is 12.0 Å². The largest absolute Gasteiger partial charge is 0.336 e. The second-order valence-electron chi connectivity index (χ2n) is 8.20. The number of nitrogens with one attached hydrogen (secondary N) is 1. The standard InChI is InChI=1S/C23H24Cl2F2N4O/c24-18-13-23(25,29-9-11-30-10-8-28-15-30)7-6-21(18)31-14-16(4-5-22(31)32)12-17-19(26)2-1-3-20(17)27/h1-3,6-8,10,15-16,29H,4-5,9,11-14H2. The summed E-state index contributed by atoms with van der Waals surface area (Å²) >= 11 is 13.3. The fourth-order valence-electron chi connectivity index (χ4n) is 4.18. The van der Waals surface area contributed by atoms with Crippen molar-refractivity contribution in [2.24, 2.45) is 5.92 Å². The minimum atomic E-state index is -0.851. The van der Waals surface area contributed by atoms with E-state index in [1.165, 1.54) is 18.2 Å². The number of nitrogens with zero attached hydrogens (tertiary/aromatic N) is 3. The molecule has 2 heterocycles. The third-order valence-corrected chi connectivity index (χ3v) is 6.62. The van der Waals surface area contributed by atoms with Crippen LogP contribution in [-0.2, 0) is 17.8 Å². The normalized spacial score (nSPS) is 23.8. The highest BCUT2D eigenvalue weighted by Gasteiger charge is 2.34. The Morgan fingerprint density at radius 2 is 2.06 bits per heavy atom. The third kappa shape index (κ3) is 5.22. The summed E-state index contributed by atoms with van der Waals surface area (Å²) in [5, 5.41) is 3.76. The summed E-state index contributed by atoms with van der Waals surface area (Å²) in [5.74, 6) is -1.24. The molecule has 170 valence electrons. The van der Waals surface area contributed by atoms with Crippen LogP contribution in [0.3, 0.4) is 0 Å². The zero-order valence-electron chi connectivity index (χ0n) is 17.4. The molecule has 1 amide bonds. The molecule has 32 heavy (non-hydrogen) atoms. The molecule has 0 radical (unpaired) electrons. The van der Waals surface area contributed by atoms with Gasteiger partial charge in [-0.1, -0.05) is 29.3 Å². The molecule has 1 aromatic heterocycles. The minimum absolute atomic E-state index is 0.0526. The van der Waals surface area contributed by atoms with Crippen LogP contribution in [0.15, 0.2) is 59.8 Å². The molecule has 0 saturated carbocycles. The lowest BCUT2D eigenvalue weighted by atomic mass is 9.89. The SMILES string of the molecule is O=C1CCC(Cc2c(F)cccc2F)CN1C1=C(Cl)CC(Cl)(NCCn2ccnc2)C=C1. The maximum atomic E-state index is 14.1. The Bertz CT molecular complexity index is 1020. The van der Waals surface area contributed by atoms with Crippen LogP contribution in [-0.4, -0.2) is 38.4 Å². The smallest absolute Gasteiger partial charge is 0.227 e. The maximum Gasteiger partial charge on any atom is 0.227 e. The number of carbonyl (C=O) groups is 1. The van der Waals surface area contributed by atoms with Gasteiger partial charge in [0.1, 0.15) is 16.6 Å². The summed E-state index contributed by atoms with van der Waals surface area (Å²) in [6, 6.07) is 3.87. The molecule has 1 N–H and O–H groups in total. The lowest BCUT2D eigenvalue weighted by Gasteiger charge is -2.37. The van der Waals surface area contributed by atoms with Crippen LogP contribution in [0.4, 0.5) is 8.78 Å². The molecule has 1 aromatic carbocycles. The predicted octanol–water partition coefficient (Wildman–Crippen LogP) is 4.58. The molecule has 2 unspecified atom stereocenters. The summed E-state index contributed by atoms with van der Waals surface area (Å²) in [5.41, 5.74) is 0.663. The van der Waals surface area contributed by atoms with Gasteiger partial charge in [-0.2, -0.15) is 0 Å². The molecule has 2 aliphatic rings. The average molecular weight is 481 g/mol. The van der Waals surface area contributed by atoms with E-state index in [4.69, 9.17) is 23.2 Å². The van der Waals surface area contributed by atoms with E-state index in [9.17, 15) is 13.6 Å². The van der Waals surface area contributed by atoms with Gasteiger partial charge in [0, 0.05) is 55.5 Å². The number of amides is 1. The van der Waals surface area contributed by atoms with E-state index < -0.39 is 16.6 Å². The highest BCUT2D eigenvalue weighted by atomic mass is 35.5. The Labute approximate surface area is 195 Å². The highest BCUT2D eigenvalue weighted by molar-refractivity contribution is 6.32. The van der Waals surface area contributed by atoms with Crippen LogP contribution < -0.4 is 5.32 Å². The number of alkyl halides is 1. The molecule has 0 spiro atoms. The number of halogens is 4. The Morgan fingerprint density at radius 1 is 1.28 bits per heavy atom. The van der Waals surface area contributed by atoms with E-state index in [0.29, 0.717) is 49.6 Å².